The molecule has 0 fully saturated rings. The number of oxazole rings is 1. The number of nitrogens with zero attached hydrogens (tertiary/aromatic N) is 2. The Morgan fingerprint density at radius 1 is 1.25 bits per heavy atom. The summed E-state index contributed by atoms with van der Waals surface area (Å²) < 4.78 is 24.0. The molecule has 0 unspecified atom stereocenters. The first-order chi connectivity index (χ1) is 13.5. The molecule has 28 heavy (non-hydrogen) atoms. The molecule has 0 aliphatic rings. The highest BCUT2D eigenvalue weighted by molar-refractivity contribution is 6.30. The van der Waals surface area contributed by atoms with Gasteiger partial charge in [-0.3, -0.25) is 4.79 Å². The van der Waals surface area contributed by atoms with Crippen LogP contribution in [0.5, 0.6) is 5.75 Å². The molecule has 1 amide bonds. The topological polar surface area (TPSA) is 55.6 Å². The summed E-state index contributed by atoms with van der Waals surface area (Å²) in [5.41, 5.74) is 1.57. The number of carbonyl (C=O) groups excluding carboxylic acids is 1. The smallest absolute Gasteiger partial charge is 0.223 e. The maximum absolute atomic E-state index is 13.0. The average Bonchev–Trinajstić information content (AvgIpc) is 3.16. The summed E-state index contributed by atoms with van der Waals surface area (Å²) in [6, 6.07) is 11.3. The van der Waals surface area contributed by atoms with Crippen molar-refractivity contribution in [1.82, 2.24) is 9.88 Å². The zero-order valence-corrected chi connectivity index (χ0v) is 16.4. The van der Waals surface area contributed by atoms with Crippen LogP contribution in [0.1, 0.15) is 17.9 Å². The third-order valence-electron chi connectivity index (χ3n) is 4.31. The number of benzene rings is 2. The predicted molar refractivity (Wildman–Crippen MR) is 105 cm³/mol. The largest absolute Gasteiger partial charge is 0.496 e. The lowest BCUT2D eigenvalue weighted by Crippen LogP contribution is -2.26. The summed E-state index contributed by atoms with van der Waals surface area (Å²) in [5, 5.41) is 0.588. The molecule has 0 N–H and O–H groups in total. The molecule has 0 saturated heterocycles. The van der Waals surface area contributed by atoms with E-state index in [1.807, 2.05) is 0 Å². The van der Waals surface area contributed by atoms with Crippen LogP contribution in [-0.2, 0) is 17.8 Å². The molecule has 146 valence electrons. The average molecular weight is 403 g/mol. The van der Waals surface area contributed by atoms with Crippen molar-refractivity contribution in [3.8, 4) is 17.1 Å². The first kappa shape index (κ1) is 19.9. The molecule has 3 rings (SSSR count). The van der Waals surface area contributed by atoms with Crippen LogP contribution in [0.25, 0.3) is 11.3 Å². The number of amides is 1. The van der Waals surface area contributed by atoms with E-state index in [1.165, 1.54) is 12.1 Å². The van der Waals surface area contributed by atoms with Crippen LogP contribution in [0, 0.1) is 5.82 Å². The third-order valence-corrected chi connectivity index (χ3v) is 4.55. The number of hydrogen-bond acceptors (Lipinski definition) is 4. The van der Waals surface area contributed by atoms with Gasteiger partial charge in [0.1, 0.15) is 11.6 Å². The van der Waals surface area contributed by atoms with E-state index in [0.717, 1.165) is 11.1 Å². The minimum atomic E-state index is -0.312. The molecule has 0 aliphatic heterocycles. The summed E-state index contributed by atoms with van der Waals surface area (Å²) in [6.07, 6.45) is 2.20. The Bertz CT molecular complexity index is 957. The summed E-state index contributed by atoms with van der Waals surface area (Å²) in [7, 11) is 3.30. The molecule has 2 aromatic carbocycles. The van der Waals surface area contributed by atoms with Crippen molar-refractivity contribution in [1.29, 1.82) is 0 Å². The molecule has 0 saturated carbocycles. The molecule has 3 aromatic rings. The van der Waals surface area contributed by atoms with E-state index in [1.54, 1.807) is 55.6 Å². The van der Waals surface area contributed by atoms with Gasteiger partial charge in [0.15, 0.2) is 11.7 Å². The van der Waals surface area contributed by atoms with Crippen LogP contribution in [0.15, 0.2) is 53.1 Å². The SMILES string of the molecule is COc1ccc(Cl)cc1CN(C)C(=O)CCc1ncc(-c2ccc(F)cc2)o1. The highest BCUT2D eigenvalue weighted by Gasteiger charge is 2.15. The summed E-state index contributed by atoms with van der Waals surface area (Å²) >= 11 is 6.04. The number of hydrogen-bond donors (Lipinski definition) is 0. The van der Waals surface area contributed by atoms with Gasteiger partial charge in [-0.2, -0.15) is 0 Å². The van der Waals surface area contributed by atoms with Gasteiger partial charge in [-0.25, -0.2) is 9.37 Å². The lowest BCUT2D eigenvalue weighted by atomic mass is 10.2. The Balaban J connectivity index is 1.58. The van der Waals surface area contributed by atoms with E-state index in [2.05, 4.69) is 4.98 Å². The monoisotopic (exact) mass is 402 g/mol. The highest BCUT2D eigenvalue weighted by atomic mass is 35.5. The van der Waals surface area contributed by atoms with Gasteiger partial charge in [0.05, 0.1) is 13.3 Å². The molecule has 1 aromatic heterocycles. The van der Waals surface area contributed by atoms with Crippen molar-refractivity contribution < 1.29 is 18.3 Å². The molecule has 0 atom stereocenters. The van der Waals surface area contributed by atoms with Crippen molar-refractivity contribution in [2.75, 3.05) is 14.2 Å². The molecule has 7 heteroatoms. The second kappa shape index (κ2) is 8.89. The molecule has 0 radical (unpaired) electrons. The Morgan fingerprint density at radius 3 is 2.71 bits per heavy atom. The van der Waals surface area contributed by atoms with E-state index < -0.39 is 0 Å². The zero-order valence-electron chi connectivity index (χ0n) is 15.6. The number of rotatable bonds is 7. The van der Waals surface area contributed by atoms with E-state index >= 15 is 0 Å². The maximum Gasteiger partial charge on any atom is 0.223 e. The van der Waals surface area contributed by atoms with E-state index in [9.17, 15) is 9.18 Å². The quantitative estimate of drug-likeness (QED) is 0.573. The fourth-order valence-corrected chi connectivity index (χ4v) is 2.99. The van der Waals surface area contributed by atoms with Crippen molar-refractivity contribution in [2.45, 2.75) is 19.4 Å². The highest BCUT2D eigenvalue weighted by Crippen LogP contribution is 2.24. The van der Waals surface area contributed by atoms with Crippen molar-refractivity contribution in [3.05, 3.63) is 71.0 Å². The number of aryl methyl sites for hydroxylation is 1. The van der Waals surface area contributed by atoms with Crippen LogP contribution in [0.3, 0.4) is 0 Å². The first-order valence-corrected chi connectivity index (χ1v) is 9.11. The molecule has 0 bridgehead atoms. The number of methoxy groups -OCH3 is 1. The van der Waals surface area contributed by atoms with Gasteiger partial charge in [0.2, 0.25) is 5.91 Å². The molecule has 0 aliphatic carbocycles. The number of carbonyl (C=O) groups is 1. The first-order valence-electron chi connectivity index (χ1n) is 8.73. The summed E-state index contributed by atoms with van der Waals surface area (Å²) in [6.45, 7) is 0.384. The van der Waals surface area contributed by atoms with Gasteiger partial charge in [-0.1, -0.05) is 11.6 Å². The summed E-state index contributed by atoms with van der Waals surface area (Å²) in [5.74, 6) is 1.32. The van der Waals surface area contributed by atoms with Gasteiger partial charge in [-0.05, 0) is 42.5 Å². The lowest BCUT2D eigenvalue weighted by molar-refractivity contribution is -0.130. The molecular weight excluding hydrogens is 383 g/mol. The third kappa shape index (κ3) is 4.89. The van der Waals surface area contributed by atoms with Gasteiger partial charge < -0.3 is 14.1 Å². The van der Waals surface area contributed by atoms with E-state index in [4.69, 9.17) is 20.8 Å². The Kier molecular flexibility index (Phi) is 6.31. The predicted octanol–water partition coefficient (Wildman–Crippen LogP) is 4.73. The van der Waals surface area contributed by atoms with E-state index in [0.29, 0.717) is 35.4 Å². The fraction of sp³-hybridized carbons (Fsp3) is 0.238. The number of ether oxygens (including phenoxy) is 1. The normalized spacial score (nSPS) is 10.7. The zero-order chi connectivity index (χ0) is 20.1. The Labute approximate surface area is 167 Å². The lowest BCUT2D eigenvalue weighted by Gasteiger charge is -2.19. The van der Waals surface area contributed by atoms with Gasteiger partial charge in [0.25, 0.3) is 0 Å². The van der Waals surface area contributed by atoms with Crippen LogP contribution in [0.4, 0.5) is 4.39 Å². The number of aromatic nitrogens is 1. The summed E-state index contributed by atoms with van der Waals surface area (Å²) in [4.78, 5) is 18.3. The second-order valence-corrected chi connectivity index (χ2v) is 6.77. The second-order valence-electron chi connectivity index (χ2n) is 6.33. The molecule has 0 spiro atoms. The Hall–Kier alpha value is -2.86. The van der Waals surface area contributed by atoms with Crippen LogP contribution < -0.4 is 4.74 Å². The van der Waals surface area contributed by atoms with Gasteiger partial charge >= 0.3 is 0 Å². The van der Waals surface area contributed by atoms with Gasteiger partial charge in [-0.15, -0.1) is 0 Å². The minimum absolute atomic E-state index is 0.0523. The van der Waals surface area contributed by atoms with Crippen molar-refractivity contribution in [3.63, 3.8) is 0 Å². The van der Waals surface area contributed by atoms with Crippen LogP contribution in [-0.4, -0.2) is 29.9 Å². The van der Waals surface area contributed by atoms with Crippen molar-refractivity contribution >= 4 is 17.5 Å². The molecule has 1 heterocycles. The van der Waals surface area contributed by atoms with Crippen molar-refractivity contribution in [2.24, 2.45) is 0 Å². The van der Waals surface area contributed by atoms with E-state index in [-0.39, 0.29) is 18.1 Å². The standard InChI is InChI=1S/C21H20ClFN2O3/c1-25(13-15-11-16(22)5-8-18(15)27-2)21(26)10-9-20-24-12-19(28-20)14-3-6-17(23)7-4-14/h3-8,11-12H,9-10,13H2,1-2H3. The molecular formula is C21H20ClFN2O3. The maximum atomic E-state index is 13.0. The fourth-order valence-electron chi connectivity index (χ4n) is 2.79. The van der Waals surface area contributed by atoms with Crippen LogP contribution in [0.2, 0.25) is 5.02 Å². The Morgan fingerprint density at radius 2 is 2.00 bits per heavy atom. The van der Waals surface area contributed by atoms with Gasteiger partial charge in [0, 0.05) is 42.6 Å². The van der Waals surface area contributed by atoms with Crippen LogP contribution >= 0.6 is 11.6 Å². The number of halogens is 2. The molecule has 5 nitrogen and oxygen atoms in total. The minimum Gasteiger partial charge on any atom is -0.496 e.